The molecule has 0 amide bonds. The van der Waals surface area contributed by atoms with Gasteiger partial charge >= 0.3 is 51.2 Å². The fourth-order valence-corrected chi connectivity index (χ4v) is 6.37. The smallest absolute Gasteiger partial charge is 0.0821 e. The van der Waals surface area contributed by atoms with Crippen molar-refractivity contribution in [2.75, 3.05) is 0 Å². The van der Waals surface area contributed by atoms with Crippen LogP contribution >= 0.6 is 7.92 Å². The second kappa shape index (κ2) is 23.5. The van der Waals surface area contributed by atoms with Crippen LogP contribution in [-0.2, 0) is 51.2 Å². The standard InChI is InChI=1S/C18H18P.3C5H5.3Fe/c1-13-7-4-10-16(13)19(17-11-5-8-14(17)2)18-12-6-9-15(18)3;3*1-2-4-5-3-1;;;/h4-12H,1-3H3;3*1-5H;;;/q;;;;3*+2. The predicted molar refractivity (Wildman–Crippen MR) is 147 cm³/mol. The van der Waals surface area contributed by atoms with Crippen molar-refractivity contribution in [1.29, 1.82) is 0 Å². The Kier molecular flexibility index (Phi) is 24.8. The second-order valence-electron chi connectivity index (χ2n) is 8.00. The van der Waals surface area contributed by atoms with E-state index in [0.717, 1.165) is 0 Å². The topological polar surface area (TPSA) is 0 Å². The van der Waals surface area contributed by atoms with Crippen molar-refractivity contribution >= 4 is 7.92 Å². The summed E-state index contributed by atoms with van der Waals surface area (Å²) >= 11 is 0. The molecular weight excluding hydrogens is 595 g/mol. The van der Waals surface area contributed by atoms with Crippen LogP contribution in [0.5, 0.6) is 0 Å². The molecule has 0 aliphatic heterocycles. The molecule has 0 heterocycles. The van der Waals surface area contributed by atoms with Gasteiger partial charge in [0.15, 0.2) is 0 Å². The van der Waals surface area contributed by atoms with Gasteiger partial charge in [0.2, 0.25) is 0 Å². The van der Waals surface area contributed by atoms with Crippen LogP contribution in [0.2, 0.25) is 0 Å². The zero-order chi connectivity index (χ0) is 24.0. The summed E-state index contributed by atoms with van der Waals surface area (Å²) in [6.45, 7) is 6.67. The average molecular weight is 628 g/mol. The Bertz CT molecular complexity index is 410. The molecule has 6 saturated carbocycles. The van der Waals surface area contributed by atoms with E-state index in [2.05, 4.69) is 78.6 Å². The van der Waals surface area contributed by atoms with E-state index in [1.54, 1.807) is 0 Å². The summed E-state index contributed by atoms with van der Waals surface area (Å²) < 4.78 is 0. The molecule has 6 aliphatic carbocycles. The maximum Gasteiger partial charge on any atom is 2.00 e. The van der Waals surface area contributed by atoms with Crippen LogP contribution in [0.3, 0.4) is 0 Å². The third-order valence-corrected chi connectivity index (χ3v) is 8.35. The van der Waals surface area contributed by atoms with Crippen LogP contribution in [0.15, 0.2) is 0 Å². The van der Waals surface area contributed by atoms with Gasteiger partial charge in [0.25, 0.3) is 0 Å². The van der Waals surface area contributed by atoms with Gasteiger partial charge in [-0.1, -0.05) is 28.7 Å². The van der Waals surface area contributed by atoms with Crippen LogP contribution < -0.4 is 0 Å². The fraction of sp³-hybridized carbons (Fsp3) is 0.0909. The van der Waals surface area contributed by atoms with Crippen molar-refractivity contribution in [2.45, 2.75) is 20.8 Å². The van der Waals surface area contributed by atoms with E-state index in [9.17, 15) is 0 Å². The Morgan fingerprint density at radius 1 is 0.297 bits per heavy atom. The quantitative estimate of drug-likeness (QED) is 0.221. The summed E-state index contributed by atoms with van der Waals surface area (Å²) in [4.78, 5) is 0. The predicted octanol–water partition coefficient (Wildman–Crippen LogP) is 7.78. The third kappa shape index (κ3) is 14.1. The molecule has 0 unspecified atom stereocenters. The Labute approximate surface area is 267 Å². The van der Waals surface area contributed by atoms with E-state index >= 15 is 0 Å². The molecule has 188 valence electrons. The van der Waals surface area contributed by atoms with E-state index in [1.807, 2.05) is 96.3 Å². The first-order valence-corrected chi connectivity index (χ1v) is 13.0. The Balaban J connectivity index is 0.000000589. The molecule has 0 nitrogen and oxygen atoms in total. The molecule has 0 saturated heterocycles. The van der Waals surface area contributed by atoms with Gasteiger partial charge in [-0.25, -0.2) is 0 Å². The molecule has 0 aromatic heterocycles. The molecule has 0 N–H and O–H groups in total. The van der Waals surface area contributed by atoms with Gasteiger partial charge in [-0.3, -0.25) is 0 Å². The SMILES string of the molecule is C[C]1[CH][CH][CH][C]1P([C]1[CH][CH][CH][C]1C)[C]1[CH][CH][CH][C]1C.[CH]1[CH][CH][CH][CH]1.[CH]1[CH][CH][CH][CH]1.[CH]1[CH][CH][CH][CH]1.[Fe+2].[Fe+2].[Fe+2]. The van der Waals surface area contributed by atoms with Crippen molar-refractivity contribution < 1.29 is 51.2 Å². The van der Waals surface area contributed by atoms with Gasteiger partial charge in [0, 0.05) is 17.0 Å². The molecular formula is C33H33Fe3P+6. The minimum atomic E-state index is -0.397. The first kappa shape index (κ1) is 39.0. The zero-order valence-corrected chi connectivity index (χ0v) is 25.6. The molecule has 6 aliphatic rings. The summed E-state index contributed by atoms with van der Waals surface area (Å²) in [5.74, 6) is 4.23. The molecule has 6 fully saturated rings. The van der Waals surface area contributed by atoms with Gasteiger partial charge < -0.3 is 0 Å². The Morgan fingerprint density at radius 3 is 0.622 bits per heavy atom. The van der Waals surface area contributed by atoms with Gasteiger partial charge in [0.1, 0.15) is 0 Å². The Morgan fingerprint density at radius 2 is 0.486 bits per heavy atom. The van der Waals surface area contributed by atoms with Gasteiger partial charge in [-0.15, -0.1) is 0 Å². The van der Waals surface area contributed by atoms with Crippen molar-refractivity contribution in [2.24, 2.45) is 0 Å². The molecule has 0 atom stereocenters. The van der Waals surface area contributed by atoms with E-state index in [4.69, 9.17) is 0 Å². The van der Waals surface area contributed by atoms with Gasteiger partial charge in [-0.2, -0.15) is 0 Å². The molecule has 0 aromatic rings. The average Bonchev–Trinajstić information content (AvgIpc) is 3.69. The van der Waals surface area contributed by atoms with Crippen molar-refractivity contribution in [1.82, 2.24) is 0 Å². The van der Waals surface area contributed by atoms with Crippen molar-refractivity contribution in [3.05, 3.63) is 189 Å². The minimum Gasteiger partial charge on any atom is -0.0821 e. The van der Waals surface area contributed by atoms with Gasteiger partial charge in [-0.05, 0) is 172 Å². The van der Waals surface area contributed by atoms with Crippen LogP contribution in [-0.4, -0.2) is 0 Å². The van der Waals surface area contributed by atoms with Crippen LogP contribution in [0.4, 0.5) is 0 Å². The van der Waals surface area contributed by atoms with Crippen LogP contribution in [0.25, 0.3) is 0 Å². The summed E-state index contributed by atoms with van der Waals surface area (Å²) in [5.41, 5.74) is 4.50. The second-order valence-corrected chi connectivity index (χ2v) is 10.1. The number of hydrogen-bond acceptors (Lipinski definition) is 0. The molecule has 0 bridgehead atoms. The Hall–Kier alpha value is 1.99. The fourth-order valence-electron chi connectivity index (χ4n) is 3.61. The van der Waals surface area contributed by atoms with Gasteiger partial charge in [0.05, 0.1) is 0 Å². The molecule has 0 aromatic carbocycles. The van der Waals surface area contributed by atoms with Crippen LogP contribution in [0.1, 0.15) is 20.8 Å². The number of hydrogen-bond donors (Lipinski definition) is 0. The maximum absolute atomic E-state index is 2.29. The molecule has 37 heavy (non-hydrogen) atoms. The first-order chi connectivity index (χ1) is 16.7. The van der Waals surface area contributed by atoms with Crippen molar-refractivity contribution in [3.63, 3.8) is 0 Å². The van der Waals surface area contributed by atoms with E-state index in [0.29, 0.717) is 0 Å². The summed E-state index contributed by atoms with van der Waals surface area (Å²) in [7, 11) is -0.397. The first-order valence-electron chi connectivity index (χ1n) is 11.7. The summed E-state index contributed by atoms with van der Waals surface area (Å²) in [6, 6.07) is 0. The third-order valence-electron chi connectivity index (χ3n) is 5.40. The number of rotatable bonds is 3. The zero-order valence-electron chi connectivity index (χ0n) is 21.4. The molecule has 0 spiro atoms. The van der Waals surface area contributed by atoms with Crippen LogP contribution in [0, 0.1) is 189 Å². The monoisotopic (exact) mass is 628 g/mol. The largest absolute Gasteiger partial charge is 2.00 e. The van der Waals surface area contributed by atoms with E-state index < -0.39 is 7.92 Å². The van der Waals surface area contributed by atoms with Crippen molar-refractivity contribution in [3.8, 4) is 0 Å². The van der Waals surface area contributed by atoms with E-state index in [-0.39, 0.29) is 51.2 Å². The normalized spacial score (nSPS) is 25.3. The maximum atomic E-state index is 2.29. The summed E-state index contributed by atoms with van der Waals surface area (Å²) in [5, 5.41) is 0. The minimum absolute atomic E-state index is 0. The molecule has 4 heteroatoms. The molecule has 6 rings (SSSR count). The molecule has 30 radical (unpaired) electrons. The summed E-state index contributed by atoms with van der Waals surface area (Å²) in [6.07, 6.45) is 50.1. The van der Waals surface area contributed by atoms with E-state index in [1.165, 1.54) is 34.7 Å².